The maximum atomic E-state index is 11.9. The van der Waals surface area contributed by atoms with E-state index in [0.717, 1.165) is 16.8 Å². The number of thiophene rings is 1. The molecule has 0 aliphatic carbocycles. The number of hydrogen-bond donors (Lipinski definition) is 0. The summed E-state index contributed by atoms with van der Waals surface area (Å²) >= 11 is 1.61. The minimum absolute atomic E-state index is 0.138. The Hall–Kier alpha value is -1.48. The molecule has 2 aromatic rings. The van der Waals surface area contributed by atoms with Gasteiger partial charge in [0, 0.05) is 23.9 Å². The van der Waals surface area contributed by atoms with Crippen molar-refractivity contribution in [1.29, 1.82) is 0 Å². The zero-order valence-electron chi connectivity index (χ0n) is 8.43. The Morgan fingerprint density at radius 1 is 1.47 bits per heavy atom. The van der Waals surface area contributed by atoms with Crippen LogP contribution < -0.4 is 0 Å². The second kappa shape index (κ2) is 4.36. The Balaban J connectivity index is 2.19. The van der Waals surface area contributed by atoms with Gasteiger partial charge >= 0.3 is 0 Å². The molecule has 0 fully saturated rings. The van der Waals surface area contributed by atoms with Gasteiger partial charge in [0.25, 0.3) is 0 Å². The molecule has 0 saturated carbocycles. The molecule has 76 valence electrons. The van der Waals surface area contributed by atoms with Crippen LogP contribution in [0.3, 0.4) is 0 Å². The van der Waals surface area contributed by atoms with Crippen LogP contribution in [0.4, 0.5) is 0 Å². The zero-order chi connectivity index (χ0) is 10.7. The molecule has 3 heteroatoms. The molecule has 0 bridgehead atoms. The van der Waals surface area contributed by atoms with E-state index in [1.807, 2.05) is 29.8 Å². The minimum atomic E-state index is 0.138. The van der Waals surface area contributed by atoms with Crippen LogP contribution in [0.5, 0.6) is 0 Å². The number of carbonyl (C=O) groups is 1. The van der Waals surface area contributed by atoms with Gasteiger partial charge in [-0.05, 0) is 41.4 Å². The number of Topliss-reactive ketones (excluding diaryl/α,β-unsaturated/α-hetero) is 1. The van der Waals surface area contributed by atoms with E-state index in [0.29, 0.717) is 6.42 Å². The third-order valence-corrected chi connectivity index (χ3v) is 2.98. The van der Waals surface area contributed by atoms with E-state index in [-0.39, 0.29) is 5.78 Å². The van der Waals surface area contributed by atoms with Gasteiger partial charge in [0.15, 0.2) is 5.78 Å². The molecule has 2 aromatic heterocycles. The van der Waals surface area contributed by atoms with Crippen LogP contribution in [-0.4, -0.2) is 10.8 Å². The highest BCUT2D eigenvalue weighted by Gasteiger charge is 2.09. The standard InChI is InChI=1S/C12H11NOS/c1-9-11(3-2-5-13-9)12(14)7-10-4-6-15-8-10/h2-6,8H,7H2,1H3. The third-order valence-electron chi connectivity index (χ3n) is 2.25. The summed E-state index contributed by atoms with van der Waals surface area (Å²) in [6, 6.07) is 5.61. The molecule has 2 heterocycles. The van der Waals surface area contributed by atoms with Gasteiger partial charge in [0.2, 0.25) is 0 Å². The molecule has 0 aromatic carbocycles. The molecule has 2 nitrogen and oxygen atoms in total. The SMILES string of the molecule is Cc1ncccc1C(=O)Cc1ccsc1. The zero-order valence-corrected chi connectivity index (χ0v) is 9.25. The van der Waals surface area contributed by atoms with Gasteiger partial charge in [-0.1, -0.05) is 0 Å². The molecule has 15 heavy (non-hydrogen) atoms. The Morgan fingerprint density at radius 2 is 2.33 bits per heavy atom. The predicted molar refractivity (Wildman–Crippen MR) is 61.3 cm³/mol. The van der Waals surface area contributed by atoms with Crippen LogP contribution >= 0.6 is 11.3 Å². The molecule has 0 amide bonds. The van der Waals surface area contributed by atoms with Crippen molar-refractivity contribution >= 4 is 17.1 Å². The topological polar surface area (TPSA) is 30.0 Å². The Morgan fingerprint density at radius 3 is 3.00 bits per heavy atom. The van der Waals surface area contributed by atoms with Crippen molar-refractivity contribution in [3.05, 3.63) is 52.0 Å². The van der Waals surface area contributed by atoms with Crippen LogP contribution in [0.25, 0.3) is 0 Å². The summed E-state index contributed by atoms with van der Waals surface area (Å²) in [5.74, 6) is 0.138. The molecule has 0 atom stereocenters. The summed E-state index contributed by atoms with van der Waals surface area (Å²) < 4.78 is 0. The number of nitrogens with zero attached hydrogens (tertiary/aromatic N) is 1. The van der Waals surface area contributed by atoms with E-state index < -0.39 is 0 Å². The Labute approximate surface area is 92.6 Å². The van der Waals surface area contributed by atoms with Crippen LogP contribution in [0.15, 0.2) is 35.2 Å². The number of pyridine rings is 1. The van der Waals surface area contributed by atoms with Crippen molar-refractivity contribution in [3.8, 4) is 0 Å². The molecule has 0 saturated heterocycles. The van der Waals surface area contributed by atoms with Crippen molar-refractivity contribution in [3.63, 3.8) is 0 Å². The number of aromatic nitrogens is 1. The summed E-state index contributed by atoms with van der Waals surface area (Å²) in [6.45, 7) is 1.86. The number of hydrogen-bond acceptors (Lipinski definition) is 3. The highest BCUT2D eigenvalue weighted by atomic mass is 32.1. The Kier molecular flexibility index (Phi) is 2.92. The van der Waals surface area contributed by atoms with Gasteiger partial charge in [0.05, 0.1) is 0 Å². The molecular weight excluding hydrogens is 206 g/mol. The number of aryl methyl sites for hydroxylation is 1. The highest BCUT2D eigenvalue weighted by molar-refractivity contribution is 7.08. The van der Waals surface area contributed by atoms with Crippen LogP contribution in [0, 0.1) is 6.92 Å². The normalized spacial score (nSPS) is 10.2. The summed E-state index contributed by atoms with van der Waals surface area (Å²) in [6.07, 6.45) is 2.17. The van der Waals surface area contributed by atoms with Crippen molar-refractivity contribution in [2.45, 2.75) is 13.3 Å². The third kappa shape index (κ3) is 2.30. The lowest BCUT2D eigenvalue weighted by Crippen LogP contribution is -2.05. The van der Waals surface area contributed by atoms with Gasteiger partial charge in [-0.2, -0.15) is 11.3 Å². The van der Waals surface area contributed by atoms with E-state index >= 15 is 0 Å². The second-order valence-electron chi connectivity index (χ2n) is 3.37. The summed E-state index contributed by atoms with van der Waals surface area (Å²) in [4.78, 5) is 16.0. The van der Waals surface area contributed by atoms with E-state index in [4.69, 9.17) is 0 Å². The predicted octanol–water partition coefficient (Wildman–Crippen LogP) is 2.88. The van der Waals surface area contributed by atoms with E-state index in [2.05, 4.69) is 4.98 Å². The van der Waals surface area contributed by atoms with Gasteiger partial charge in [-0.25, -0.2) is 0 Å². The number of ketones is 1. The first-order valence-electron chi connectivity index (χ1n) is 4.73. The minimum Gasteiger partial charge on any atom is -0.294 e. The molecule has 0 aliphatic heterocycles. The quantitative estimate of drug-likeness (QED) is 0.740. The maximum absolute atomic E-state index is 11.9. The first-order chi connectivity index (χ1) is 7.27. The smallest absolute Gasteiger partial charge is 0.169 e. The molecule has 0 spiro atoms. The van der Waals surface area contributed by atoms with E-state index in [9.17, 15) is 4.79 Å². The summed E-state index contributed by atoms with van der Waals surface area (Å²) in [5.41, 5.74) is 2.61. The molecule has 0 radical (unpaired) electrons. The molecule has 0 N–H and O–H groups in total. The van der Waals surface area contributed by atoms with Gasteiger partial charge in [-0.3, -0.25) is 9.78 Å². The van der Waals surface area contributed by atoms with Crippen LogP contribution in [0.2, 0.25) is 0 Å². The fraction of sp³-hybridized carbons (Fsp3) is 0.167. The van der Waals surface area contributed by atoms with Crippen molar-refractivity contribution in [2.75, 3.05) is 0 Å². The van der Waals surface area contributed by atoms with E-state index in [1.165, 1.54) is 0 Å². The first-order valence-corrected chi connectivity index (χ1v) is 5.67. The average Bonchev–Trinajstić information content (AvgIpc) is 2.71. The van der Waals surface area contributed by atoms with Crippen molar-refractivity contribution < 1.29 is 4.79 Å². The van der Waals surface area contributed by atoms with Gasteiger partial charge in [0.1, 0.15) is 0 Å². The molecule has 0 unspecified atom stereocenters. The molecule has 0 aliphatic rings. The first kappa shape index (κ1) is 10.1. The second-order valence-corrected chi connectivity index (χ2v) is 4.15. The lowest BCUT2D eigenvalue weighted by molar-refractivity contribution is 0.0992. The monoisotopic (exact) mass is 217 g/mol. The van der Waals surface area contributed by atoms with Gasteiger partial charge in [-0.15, -0.1) is 0 Å². The van der Waals surface area contributed by atoms with Crippen LogP contribution in [-0.2, 0) is 6.42 Å². The summed E-state index contributed by atoms with van der Waals surface area (Å²) in [5, 5.41) is 3.99. The molecule has 2 rings (SSSR count). The van der Waals surface area contributed by atoms with Crippen molar-refractivity contribution in [1.82, 2.24) is 4.98 Å². The fourth-order valence-corrected chi connectivity index (χ4v) is 2.12. The lowest BCUT2D eigenvalue weighted by Gasteiger charge is -2.02. The van der Waals surface area contributed by atoms with E-state index in [1.54, 1.807) is 23.6 Å². The largest absolute Gasteiger partial charge is 0.294 e. The maximum Gasteiger partial charge on any atom is 0.169 e. The van der Waals surface area contributed by atoms with Crippen LogP contribution in [0.1, 0.15) is 21.6 Å². The Bertz CT molecular complexity index is 462. The summed E-state index contributed by atoms with van der Waals surface area (Å²) in [7, 11) is 0. The highest BCUT2D eigenvalue weighted by Crippen LogP contribution is 2.12. The van der Waals surface area contributed by atoms with Crippen molar-refractivity contribution in [2.24, 2.45) is 0 Å². The van der Waals surface area contributed by atoms with Gasteiger partial charge < -0.3 is 0 Å². The number of rotatable bonds is 3. The number of carbonyl (C=O) groups excluding carboxylic acids is 1. The fourth-order valence-electron chi connectivity index (χ4n) is 1.45. The molecular formula is C12H11NOS. The average molecular weight is 217 g/mol. The lowest BCUT2D eigenvalue weighted by atomic mass is 10.0.